The average Bonchev–Trinajstić information content (AvgIpc) is 3.21. The van der Waals surface area contributed by atoms with Crippen molar-refractivity contribution in [3.8, 4) is 0 Å². The lowest BCUT2D eigenvalue weighted by molar-refractivity contribution is -0.154. The number of hydrogen-bond donors (Lipinski definition) is 3. The highest BCUT2D eigenvalue weighted by Gasteiger charge is 2.40. The maximum Gasteiger partial charge on any atom is 0.311 e. The van der Waals surface area contributed by atoms with Crippen LogP contribution < -0.4 is 5.32 Å². The maximum absolute atomic E-state index is 12.3. The second-order valence-corrected chi connectivity index (χ2v) is 6.39. The molecule has 0 unspecified atom stereocenters. The second kappa shape index (κ2) is 7.53. The smallest absolute Gasteiger partial charge is 0.311 e. The lowest BCUT2D eigenvalue weighted by atomic mass is 9.80. The van der Waals surface area contributed by atoms with E-state index in [4.69, 9.17) is 4.74 Å². The summed E-state index contributed by atoms with van der Waals surface area (Å²) in [5, 5.41) is 12.2. The van der Waals surface area contributed by atoms with Gasteiger partial charge in [-0.1, -0.05) is 12.1 Å². The molecule has 1 aliphatic heterocycles. The fourth-order valence-corrected chi connectivity index (χ4v) is 2.98. The van der Waals surface area contributed by atoms with Gasteiger partial charge in [0.05, 0.1) is 5.41 Å². The number of carboxylic acids is 1. The van der Waals surface area contributed by atoms with Crippen LogP contribution in [0.5, 0.6) is 0 Å². The van der Waals surface area contributed by atoms with Crippen molar-refractivity contribution in [3.05, 3.63) is 59.4 Å². The minimum Gasteiger partial charge on any atom is -0.481 e. The molecule has 0 spiro atoms. The molecule has 136 valence electrons. The van der Waals surface area contributed by atoms with Crippen molar-refractivity contribution < 1.29 is 24.2 Å². The van der Waals surface area contributed by atoms with Crippen LogP contribution in [0.1, 0.15) is 39.1 Å². The van der Waals surface area contributed by atoms with Gasteiger partial charge in [-0.05, 0) is 31.0 Å². The van der Waals surface area contributed by atoms with Crippen LogP contribution >= 0.6 is 0 Å². The van der Waals surface area contributed by atoms with Crippen LogP contribution in [0.3, 0.4) is 0 Å². The van der Waals surface area contributed by atoms with Gasteiger partial charge >= 0.3 is 5.97 Å². The molecule has 2 heterocycles. The van der Waals surface area contributed by atoms with Crippen molar-refractivity contribution in [1.29, 1.82) is 0 Å². The molecule has 1 aliphatic rings. The number of ether oxygens (including phenoxy) is 1. The Morgan fingerprint density at radius 2 is 1.69 bits per heavy atom. The number of rotatable bonds is 6. The molecule has 1 aromatic heterocycles. The van der Waals surface area contributed by atoms with E-state index in [1.165, 1.54) is 0 Å². The highest BCUT2D eigenvalue weighted by atomic mass is 16.5. The third-order valence-corrected chi connectivity index (χ3v) is 4.76. The summed E-state index contributed by atoms with van der Waals surface area (Å²) >= 11 is 0. The summed E-state index contributed by atoms with van der Waals surface area (Å²) in [5.41, 5.74) is 0.416. The zero-order chi connectivity index (χ0) is 18.6. The van der Waals surface area contributed by atoms with Gasteiger partial charge in [-0.25, -0.2) is 0 Å². The normalized spacial score (nSPS) is 16.0. The second-order valence-electron chi connectivity index (χ2n) is 6.39. The van der Waals surface area contributed by atoms with Crippen LogP contribution in [-0.4, -0.2) is 47.5 Å². The van der Waals surface area contributed by atoms with Crippen molar-refractivity contribution in [1.82, 2.24) is 10.3 Å². The average molecular weight is 356 g/mol. The molecule has 0 saturated carbocycles. The number of hydrogen-bond acceptors (Lipinski definition) is 4. The van der Waals surface area contributed by atoms with Gasteiger partial charge in [-0.3, -0.25) is 14.4 Å². The molecular formula is C19H20N2O5. The lowest BCUT2D eigenvalue weighted by Crippen LogP contribution is -2.46. The summed E-state index contributed by atoms with van der Waals surface area (Å²) in [7, 11) is 0. The van der Waals surface area contributed by atoms with E-state index in [2.05, 4.69) is 10.3 Å². The minimum absolute atomic E-state index is 0.0502. The Morgan fingerprint density at radius 1 is 1.04 bits per heavy atom. The SMILES string of the molecule is O=C(NCC1(C(=O)O)CCOCC1)c1ccc(C(=O)c2cc[nH]c2)cc1. The zero-order valence-electron chi connectivity index (χ0n) is 14.2. The first kappa shape index (κ1) is 17.9. The molecule has 1 amide bonds. The summed E-state index contributed by atoms with van der Waals surface area (Å²) in [4.78, 5) is 39.0. The van der Waals surface area contributed by atoms with E-state index in [0.717, 1.165) is 0 Å². The van der Waals surface area contributed by atoms with Crippen molar-refractivity contribution in [3.63, 3.8) is 0 Å². The summed E-state index contributed by atoms with van der Waals surface area (Å²) in [5.74, 6) is -1.42. The highest BCUT2D eigenvalue weighted by Crippen LogP contribution is 2.30. The van der Waals surface area contributed by atoms with Crippen LogP contribution in [0.4, 0.5) is 0 Å². The van der Waals surface area contributed by atoms with Crippen LogP contribution in [0.2, 0.25) is 0 Å². The van der Waals surface area contributed by atoms with E-state index in [9.17, 15) is 19.5 Å². The standard InChI is InChI=1S/C19H20N2O5/c22-16(15-5-8-20-11-15)13-1-3-14(4-2-13)17(23)21-12-19(18(24)25)6-9-26-10-7-19/h1-5,8,11,20H,6-7,9-10,12H2,(H,21,23)(H,24,25). The maximum atomic E-state index is 12.3. The monoisotopic (exact) mass is 356 g/mol. The quantitative estimate of drug-likeness (QED) is 0.685. The van der Waals surface area contributed by atoms with Crippen LogP contribution in [-0.2, 0) is 9.53 Å². The van der Waals surface area contributed by atoms with Gasteiger partial charge in [-0.2, -0.15) is 0 Å². The fraction of sp³-hybridized carbons (Fsp3) is 0.316. The molecule has 0 radical (unpaired) electrons. The molecule has 1 aromatic carbocycles. The molecule has 1 saturated heterocycles. The number of amides is 1. The highest BCUT2D eigenvalue weighted by molar-refractivity contribution is 6.09. The molecular weight excluding hydrogens is 336 g/mol. The number of carbonyl (C=O) groups excluding carboxylic acids is 2. The van der Waals surface area contributed by atoms with E-state index in [1.807, 2.05) is 0 Å². The van der Waals surface area contributed by atoms with E-state index >= 15 is 0 Å². The number of ketones is 1. The third-order valence-electron chi connectivity index (χ3n) is 4.76. The Hall–Kier alpha value is -2.93. The molecule has 0 bridgehead atoms. The van der Waals surface area contributed by atoms with Crippen molar-refractivity contribution >= 4 is 17.7 Å². The first-order chi connectivity index (χ1) is 12.5. The summed E-state index contributed by atoms with van der Waals surface area (Å²) in [6.07, 6.45) is 4.02. The van der Waals surface area contributed by atoms with Gasteiger partial charge in [0, 0.05) is 48.8 Å². The minimum atomic E-state index is -0.988. The predicted octanol–water partition coefficient (Wildman–Crippen LogP) is 1.86. The molecule has 0 atom stereocenters. The molecule has 3 N–H and O–H groups in total. The molecule has 7 heteroatoms. The van der Waals surface area contributed by atoms with Crippen molar-refractivity contribution in [2.45, 2.75) is 12.8 Å². The molecule has 0 aliphatic carbocycles. The number of nitrogens with one attached hydrogen (secondary N) is 2. The number of carbonyl (C=O) groups is 3. The van der Waals surface area contributed by atoms with E-state index in [0.29, 0.717) is 42.7 Å². The molecule has 1 fully saturated rings. The van der Waals surface area contributed by atoms with Gasteiger partial charge in [0.2, 0.25) is 0 Å². The predicted molar refractivity (Wildman–Crippen MR) is 93.1 cm³/mol. The number of benzene rings is 1. The van der Waals surface area contributed by atoms with E-state index < -0.39 is 11.4 Å². The largest absolute Gasteiger partial charge is 0.481 e. The Labute approximate surface area is 150 Å². The lowest BCUT2D eigenvalue weighted by Gasteiger charge is -2.33. The fourth-order valence-electron chi connectivity index (χ4n) is 2.98. The van der Waals surface area contributed by atoms with E-state index in [-0.39, 0.29) is 18.2 Å². The van der Waals surface area contributed by atoms with Gasteiger partial charge in [0.25, 0.3) is 5.91 Å². The Morgan fingerprint density at radius 3 is 2.27 bits per heavy atom. The van der Waals surface area contributed by atoms with E-state index in [1.54, 1.807) is 42.7 Å². The summed E-state index contributed by atoms with van der Waals surface area (Å²) < 4.78 is 5.22. The van der Waals surface area contributed by atoms with Crippen LogP contribution in [0.25, 0.3) is 0 Å². The first-order valence-electron chi connectivity index (χ1n) is 8.39. The van der Waals surface area contributed by atoms with Gasteiger partial charge in [0.15, 0.2) is 5.78 Å². The van der Waals surface area contributed by atoms with Gasteiger partial charge in [-0.15, -0.1) is 0 Å². The Bertz CT molecular complexity index is 790. The number of aromatic amines is 1. The molecule has 26 heavy (non-hydrogen) atoms. The number of aliphatic carboxylic acids is 1. The number of carboxylic acid groups (broad SMARTS) is 1. The van der Waals surface area contributed by atoms with Crippen molar-refractivity contribution in [2.75, 3.05) is 19.8 Å². The zero-order valence-corrected chi connectivity index (χ0v) is 14.2. The van der Waals surface area contributed by atoms with Crippen LogP contribution in [0.15, 0.2) is 42.7 Å². The summed E-state index contributed by atoms with van der Waals surface area (Å²) in [6, 6.07) is 7.98. The Balaban J connectivity index is 1.64. The third kappa shape index (κ3) is 3.67. The van der Waals surface area contributed by atoms with Crippen molar-refractivity contribution in [2.24, 2.45) is 5.41 Å². The Kier molecular flexibility index (Phi) is 5.18. The summed E-state index contributed by atoms with van der Waals surface area (Å²) in [6.45, 7) is 0.796. The molecule has 3 rings (SSSR count). The molecule has 2 aromatic rings. The topological polar surface area (TPSA) is 108 Å². The molecule has 7 nitrogen and oxygen atoms in total. The number of aromatic nitrogens is 1. The van der Waals surface area contributed by atoms with Gasteiger partial charge < -0.3 is 20.1 Å². The van der Waals surface area contributed by atoms with Crippen LogP contribution in [0, 0.1) is 5.41 Å². The van der Waals surface area contributed by atoms with Gasteiger partial charge in [0.1, 0.15) is 0 Å². The number of H-pyrrole nitrogens is 1. The first-order valence-corrected chi connectivity index (χ1v) is 8.39.